The highest BCUT2D eigenvalue weighted by Gasteiger charge is 2.30. The molecule has 3 N–H and O–H groups in total. The maximum absolute atomic E-state index is 12.5. The third kappa shape index (κ3) is 5.19. The Kier molecular flexibility index (Phi) is 8.19. The molecule has 1 aliphatic heterocycles. The van der Waals surface area contributed by atoms with Crippen molar-refractivity contribution in [3.05, 3.63) is 34.3 Å². The lowest BCUT2D eigenvalue weighted by atomic mass is 10.0. The quantitative estimate of drug-likeness (QED) is 0.772. The number of nitrogens with one attached hydrogen (secondary N) is 1. The molecule has 1 fully saturated rings. The number of nitrogens with two attached hydrogens (primary N) is 1. The van der Waals surface area contributed by atoms with Crippen LogP contribution in [0.3, 0.4) is 0 Å². The van der Waals surface area contributed by atoms with E-state index in [1.807, 2.05) is 43.0 Å². The fourth-order valence-electron chi connectivity index (χ4n) is 2.78. The van der Waals surface area contributed by atoms with Gasteiger partial charge in [-0.05, 0) is 36.5 Å². The molecule has 1 unspecified atom stereocenters. The zero-order valence-electron chi connectivity index (χ0n) is 14.0. The van der Waals surface area contributed by atoms with E-state index in [0.717, 1.165) is 29.4 Å². The van der Waals surface area contributed by atoms with Gasteiger partial charge >= 0.3 is 0 Å². The van der Waals surface area contributed by atoms with Gasteiger partial charge < -0.3 is 16.0 Å². The van der Waals surface area contributed by atoms with E-state index in [1.54, 1.807) is 0 Å². The molecule has 134 valence electrons. The Labute approximate surface area is 157 Å². The van der Waals surface area contributed by atoms with Crippen LogP contribution in [0.2, 0.25) is 0 Å². The summed E-state index contributed by atoms with van der Waals surface area (Å²) in [6.45, 7) is 4.50. The molecule has 1 heterocycles. The number of nitrogens with zero attached hydrogens (tertiary/aromatic N) is 1. The Bertz CT molecular complexity index is 565. The third-order valence-corrected chi connectivity index (χ3v) is 4.79. The summed E-state index contributed by atoms with van der Waals surface area (Å²) in [7, 11) is 0. The van der Waals surface area contributed by atoms with Gasteiger partial charge in [-0.2, -0.15) is 0 Å². The summed E-state index contributed by atoms with van der Waals surface area (Å²) in [5.74, 6) is -0.278. The normalized spacial score (nSPS) is 18.2. The van der Waals surface area contributed by atoms with Crippen molar-refractivity contribution in [2.45, 2.75) is 38.8 Å². The minimum Gasteiger partial charge on any atom is -0.346 e. The van der Waals surface area contributed by atoms with Gasteiger partial charge in [-0.15, -0.1) is 12.4 Å². The maximum atomic E-state index is 12.5. The van der Waals surface area contributed by atoms with Crippen molar-refractivity contribution in [1.82, 2.24) is 10.2 Å². The first-order valence-corrected chi connectivity index (χ1v) is 8.77. The second-order valence-electron chi connectivity index (χ2n) is 6.28. The molecule has 0 saturated carbocycles. The number of halogens is 2. The number of likely N-dealkylation sites (tertiary alicyclic amines) is 1. The summed E-state index contributed by atoms with van der Waals surface area (Å²) in [5, 5.41) is 2.66. The Morgan fingerprint density at radius 1 is 1.33 bits per heavy atom. The molecule has 2 atom stereocenters. The van der Waals surface area contributed by atoms with Crippen LogP contribution < -0.4 is 11.1 Å². The van der Waals surface area contributed by atoms with Gasteiger partial charge in [-0.3, -0.25) is 9.59 Å². The van der Waals surface area contributed by atoms with Gasteiger partial charge in [0, 0.05) is 11.0 Å². The van der Waals surface area contributed by atoms with Gasteiger partial charge in [0.1, 0.15) is 0 Å². The average Bonchev–Trinajstić information content (AvgIpc) is 3.01. The summed E-state index contributed by atoms with van der Waals surface area (Å²) in [6, 6.07) is 7.55. The van der Waals surface area contributed by atoms with E-state index in [4.69, 9.17) is 5.73 Å². The molecule has 0 aliphatic carbocycles. The number of hydrogen-bond donors (Lipinski definition) is 2. The van der Waals surface area contributed by atoms with Crippen LogP contribution in [0.5, 0.6) is 0 Å². The lowest BCUT2D eigenvalue weighted by Gasteiger charge is -2.26. The van der Waals surface area contributed by atoms with Gasteiger partial charge in [0.15, 0.2) is 0 Å². The van der Waals surface area contributed by atoms with E-state index in [2.05, 4.69) is 21.2 Å². The fourth-order valence-corrected chi connectivity index (χ4v) is 3.05. The Hall–Kier alpha value is -1.11. The fraction of sp³-hybridized carbons (Fsp3) is 0.529. The number of hydrogen-bond acceptors (Lipinski definition) is 3. The summed E-state index contributed by atoms with van der Waals surface area (Å²) < 4.78 is 1.02. The van der Waals surface area contributed by atoms with Crippen LogP contribution in [0.15, 0.2) is 28.7 Å². The van der Waals surface area contributed by atoms with Crippen LogP contribution in [0.4, 0.5) is 0 Å². The monoisotopic (exact) mass is 417 g/mol. The smallest absolute Gasteiger partial charge is 0.242 e. The highest BCUT2D eigenvalue weighted by Crippen LogP contribution is 2.32. The van der Waals surface area contributed by atoms with Gasteiger partial charge in [-0.1, -0.05) is 41.9 Å². The Morgan fingerprint density at radius 3 is 2.54 bits per heavy atom. The predicted octanol–water partition coefficient (Wildman–Crippen LogP) is 2.63. The molecule has 1 saturated heterocycles. The molecule has 0 radical (unpaired) electrons. The molecule has 5 nitrogen and oxygen atoms in total. The highest BCUT2D eigenvalue weighted by atomic mass is 79.9. The maximum Gasteiger partial charge on any atom is 0.242 e. The van der Waals surface area contributed by atoms with Crippen LogP contribution in [-0.4, -0.2) is 35.8 Å². The molecule has 1 aliphatic rings. The lowest BCUT2D eigenvalue weighted by Crippen LogP contribution is -2.47. The molecule has 7 heteroatoms. The first kappa shape index (κ1) is 20.9. The van der Waals surface area contributed by atoms with Crippen molar-refractivity contribution >= 4 is 40.2 Å². The number of carbonyl (C=O) groups is 2. The Morgan fingerprint density at radius 2 is 1.96 bits per heavy atom. The molecule has 1 aromatic rings. The summed E-state index contributed by atoms with van der Waals surface area (Å²) in [6.07, 6.45) is 1.93. The van der Waals surface area contributed by atoms with Crippen molar-refractivity contribution in [2.24, 2.45) is 11.7 Å². The highest BCUT2D eigenvalue weighted by molar-refractivity contribution is 9.10. The van der Waals surface area contributed by atoms with Crippen LogP contribution in [0, 0.1) is 5.92 Å². The largest absolute Gasteiger partial charge is 0.346 e. The Balaban J connectivity index is 0.00000288. The topological polar surface area (TPSA) is 75.4 Å². The standard InChI is InChI=1S/C17H24BrN3O2.ClH/c1-11(2)16(19)17(23)20-10-15(22)21-9-3-4-14(21)12-5-7-13(18)8-6-12;/h5-8,11,14,16H,3-4,9-10,19H2,1-2H3,(H,20,23);1H/t14?,16-;/m0./s1. The van der Waals surface area contributed by atoms with Crippen molar-refractivity contribution < 1.29 is 9.59 Å². The van der Waals surface area contributed by atoms with E-state index in [0.29, 0.717) is 0 Å². The first-order valence-electron chi connectivity index (χ1n) is 7.98. The number of benzene rings is 1. The summed E-state index contributed by atoms with van der Waals surface area (Å²) in [5.41, 5.74) is 6.92. The molecular formula is C17H25BrClN3O2. The minimum absolute atomic E-state index is 0. The lowest BCUT2D eigenvalue weighted by molar-refractivity contribution is -0.134. The zero-order chi connectivity index (χ0) is 17.0. The molecule has 2 amide bonds. The van der Waals surface area contributed by atoms with Gasteiger partial charge in [0.2, 0.25) is 11.8 Å². The second kappa shape index (κ2) is 9.39. The number of rotatable bonds is 5. The number of amides is 2. The van der Waals surface area contributed by atoms with Crippen LogP contribution in [-0.2, 0) is 9.59 Å². The van der Waals surface area contributed by atoms with Crippen molar-refractivity contribution in [1.29, 1.82) is 0 Å². The molecule has 2 rings (SSSR count). The summed E-state index contributed by atoms with van der Waals surface area (Å²) in [4.78, 5) is 26.2. The second-order valence-corrected chi connectivity index (χ2v) is 7.20. The molecule has 1 aromatic carbocycles. The van der Waals surface area contributed by atoms with Crippen molar-refractivity contribution in [2.75, 3.05) is 13.1 Å². The zero-order valence-corrected chi connectivity index (χ0v) is 16.4. The van der Waals surface area contributed by atoms with E-state index >= 15 is 0 Å². The van der Waals surface area contributed by atoms with Gasteiger partial charge in [-0.25, -0.2) is 0 Å². The third-order valence-electron chi connectivity index (χ3n) is 4.26. The van der Waals surface area contributed by atoms with Crippen LogP contribution in [0.25, 0.3) is 0 Å². The van der Waals surface area contributed by atoms with Crippen molar-refractivity contribution in [3.63, 3.8) is 0 Å². The molecule has 0 aromatic heterocycles. The molecule has 0 spiro atoms. The molecule has 0 bridgehead atoms. The first-order chi connectivity index (χ1) is 10.9. The minimum atomic E-state index is -0.580. The van der Waals surface area contributed by atoms with Crippen LogP contribution in [0.1, 0.15) is 38.3 Å². The summed E-state index contributed by atoms with van der Waals surface area (Å²) >= 11 is 3.42. The average molecular weight is 419 g/mol. The predicted molar refractivity (Wildman–Crippen MR) is 101 cm³/mol. The van der Waals surface area contributed by atoms with E-state index in [9.17, 15) is 9.59 Å². The van der Waals surface area contributed by atoms with E-state index in [1.165, 1.54) is 0 Å². The molecule has 24 heavy (non-hydrogen) atoms. The van der Waals surface area contributed by atoms with Crippen molar-refractivity contribution in [3.8, 4) is 0 Å². The van der Waals surface area contributed by atoms with Gasteiger partial charge in [0.05, 0.1) is 18.6 Å². The molecular weight excluding hydrogens is 394 g/mol. The number of carbonyl (C=O) groups excluding carboxylic acids is 2. The van der Waals surface area contributed by atoms with E-state index < -0.39 is 6.04 Å². The SMILES string of the molecule is CC(C)[C@H](N)C(=O)NCC(=O)N1CCCC1c1ccc(Br)cc1.Cl. The van der Waals surface area contributed by atoms with Crippen LogP contribution >= 0.6 is 28.3 Å². The van der Waals surface area contributed by atoms with Gasteiger partial charge in [0.25, 0.3) is 0 Å². The van der Waals surface area contributed by atoms with E-state index in [-0.39, 0.29) is 42.7 Å².